The zero-order valence-corrected chi connectivity index (χ0v) is 19.0. The second kappa shape index (κ2) is 11.8. The van der Waals surface area contributed by atoms with Gasteiger partial charge in [-0.3, -0.25) is 4.21 Å². The molecule has 0 aliphatic heterocycles. The predicted molar refractivity (Wildman–Crippen MR) is 123 cm³/mol. The van der Waals surface area contributed by atoms with E-state index >= 15 is 0 Å². The lowest BCUT2D eigenvalue weighted by atomic mass is 9.95. The van der Waals surface area contributed by atoms with Crippen molar-refractivity contribution in [2.75, 3.05) is 12.3 Å². The first-order valence-electron chi connectivity index (χ1n) is 10.9. The Morgan fingerprint density at radius 3 is 2.87 bits per heavy atom. The standard InChI is InChI=1S/C23H31FN4O2S/c1-3-25-23(28-19-8-6-10-21(14-19)31(29)4-2)27-16-17-11-12-22(26-15-17)30-20-9-5-7-18(24)13-20/h5,7,9,11-13,15,19,21H,3-4,6,8,10,14,16H2,1-2H3,(H2,25,27,28). The molecule has 2 N–H and O–H groups in total. The minimum atomic E-state index is -0.746. The summed E-state index contributed by atoms with van der Waals surface area (Å²) in [6, 6.07) is 9.90. The molecule has 0 radical (unpaired) electrons. The van der Waals surface area contributed by atoms with Gasteiger partial charge >= 0.3 is 0 Å². The van der Waals surface area contributed by atoms with Crippen LogP contribution in [0.1, 0.15) is 45.1 Å². The van der Waals surface area contributed by atoms with Crippen LogP contribution in [0.15, 0.2) is 47.6 Å². The van der Waals surface area contributed by atoms with E-state index in [1.54, 1.807) is 24.4 Å². The van der Waals surface area contributed by atoms with Crippen LogP contribution in [0.4, 0.5) is 4.39 Å². The first-order chi connectivity index (χ1) is 15.1. The molecule has 1 saturated carbocycles. The number of halogens is 1. The topological polar surface area (TPSA) is 75.6 Å². The highest BCUT2D eigenvalue weighted by Crippen LogP contribution is 2.23. The summed E-state index contributed by atoms with van der Waals surface area (Å²) in [6.07, 6.45) is 5.82. The highest BCUT2D eigenvalue weighted by molar-refractivity contribution is 7.85. The average molecular weight is 447 g/mol. The number of nitrogens with zero attached hydrogens (tertiary/aromatic N) is 2. The number of nitrogens with one attached hydrogen (secondary N) is 2. The number of benzene rings is 1. The maximum atomic E-state index is 13.3. The Morgan fingerprint density at radius 2 is 2.16 bits per heavy atom. The van der Waals surface area contributed by atoms with E-state index in [-0.39, 0.29) is 17.1 Å². The maximum absolute atomic E-state index is 13.3. The van der Waals surface area contributed by atoms with Gasteiger partial charge in [-0.25, -0.2) is 14.4 Å². The molecule has 8 heteroatoms. The van der Waals surface area contributed by atoms with E-state index in [2.05, 4.69) is 20.6 Å². The number of aliphatic imine (C=N–C) groups is 1. The van der Waals surface area contributed by atoms with E-state index in [0.717, 1.165) is 49.5 Å². The molecule has 168 valence electrons. The van der Waals surface area contributed by atoms with Crippen LogP contribution < -0.4 is 15.4 Å². The second-order valence-electron chi connectivity index (χ2n) is 7.56. The van der Waals surface area contributed by atoms with E-state index in [9.17, 15) is 8.60 Å². The Balaban J connectivity index is 1.57. The summed E-state index contributed by atoms with van der Waals surface area (Å²) in [5, 5.41) is 7.07. The SMILES string of the molecule is CCNC(=NCc1ccc(Oc2cccc(F)c2)nc1)NC1CCCC(S(=O)CC)C1. The molecule has 1 aromatic carbocycles. The first-order valence-corrected chi connectivity index (χ1v) is 12.3. The number of hydrogen-bond donors (Lipinski definition) is 2. The van der Waals surface area contributed by atoms with Crippen molar-refractivity contribution in [1.82, 2.24) is 15.6 Å². The molecule has 1 aliphatic carbocycles. The summed E-state index contributed by atoms with van der Waals surface area (Å²) < 4.78 is 31.1. The Bertz CT molecular complexity index is 891. The van der Waals surface area contributed by atoms with Crippen LogP contribution in [0.2, 0.25) is 0 Å². The molecule has 6 nitrogen and oxygen atoms in total. The maximum Gasteiger partial charge on any atom is 0.219 e. The fraction of sp³-hybridized carbons (Fsp3) is 0.478. The molecule has 1 fully saturated rings. The van der Waals surface area contributed by atoms with Crippen LogP contribution in [0.5, 0.6) is 11.6 Å². The molecular formula is C23H31FN4O2S. The number of ether oxygens (including phenoxy) is 1. The van der Waals surface area contributed by atoms with Gasteiger partial charge in [-0.15, -0.1) is 0 Å². The smallest absolute Gasteiger partial charge is 0.219 e. The van der Waals surface area contributed by atoms with Gasteiger partial charge in [0.05, 0.1) is 6.54 Å². The van der Waals surface area contributed by atoms with Crippen molar-refractivity contribution >= 4 is 16.8 Å². The molecular weight excluding hydrogens is 415 g/mol. The van der Waals surface area contributed by atoms with Crippen LogP contribution in [0.25, 0.3) is 0 Å². The van der Waals surface area contributed by atoms with Gasteiger partial charge in [-0.2, -0.15) is 0 Å². The van der Waals surface area contributed by atoms with Gasteiger partial charge < -0.3 is 15.4 Å². The Hall–Kier alpha value is -2.48. The minimum Gasteiger partial charge on any atom is -0.439 e. The van der Waals surface area contributed by atoms with Crippen molar-refractivity contribution in [2.45, 2.75) is 57.4 Å². The molecule has 0 bridgehead atoms. The van der Waals surface area contributed by atoms with Crippen molar-refractivity contribution in [3.05, 3.63) is 54.0 Å². The summed E-state index contributed by atoms with van der Waals surface area (Å²) in [6.45, 7) is 5.26. The van der Waals surface area contributed by atoms with E-state index in [1.165, 1.54) is 12.1 Å². The van der Waals surface area contributed by atoms with E-state index in [1.807, 2.05) is 19.9 Å². The summed E-state index contributed by atoms with van der Waals surface area (Å²) in [5.74, 6) is 1.94. The molecule has 1 heterocycles. The molecule has 0 spiro atoms. The number of guanidine groups is 1. The molecule has 0 amide bonds. The summed E-state index contributed by atoms with van der Waals surface area (Å²) in [7, 11) is -0.746. The van der Waals surface area contributed by atoms with E-state index in [0.29, 0.717) is 18.2 Å². The molecule has 31 heavy (non-hydrogen) atoms. The Morgan fingerprint density at radius 1 is 1.29 bits per heavy atom. The van der Waals surface area contributed by atoms with Crippen LogP contribution in [0.3, 0.4) is 0 Å². The molecule has 3 rings (SSSR count). The normalized spacial score (nSPS) is 20.2. The highest BCUT2D eigenvalue weighted by Gasteiger charge is 2.26. The predicted octanol–water partition coefficient (Wildman–Crippen LogP) is 4.15. The average Bonchev–Trinajstić information content (AvgIpc) is 2.78. The lowest BCUT2D eigenvalue weighted by molar-refractivity contribution is 0.413. The fourth-order valence-corrected chi connectivity index (χ4v) is 5.00. The number of pyridine rings is 1. The van der Waals surface area contributed by atoms with Crippen molar-refractivity contribution in [3.8, 4) is 11.6 Å². The third-order valence-corrected chi connectivity index (χ3v) is 6.94. The quantitative estimate of drug-likeness (QED) is 0.471. The minimum absolute atomic E-state index is 0.272. The lowest BCUT2D eigenvalue weighted by Gasteiger charge is -2.30. The van der Waals surface area contributed by atoms with Crippen molar-refractivity contribution in [1.29, 1.82) is 0 Å². The van der Waals surface area contributed by atoms with E-state index < -0.39 is 10.8 Å². The monoisotopic (exact) mass is 446 g/mol. The summed E-state index contributed by atoms with van der Waals surface area (Å²) in [5.41, 5.74) is 0.942. The number of rotatable bonds is 8. The third kappa shape index (κ3) is 7.31. The second-order valence-corrected chi connectivity index (χ2v) is 9.56. The van der Waals surface area contributed by atoms with Crippen LogP contribution in [-0.2, 0) is 17.3 Å². The molecule has 1 aliphatic rings. The van der Waals surface area contributed by atoms with Gasteiger partial charge in [0.1, 0.15) is 11.6 Å². The van der Waals surface area contributed by atoms with Crippen molar-refractivity contribution in [2.24, 2.45) is 4.99 Å². The van der Waals surface area contributed by atoms with Gasteiger partial charge in [0, 0.05) is 52.7 Å². The van der Waals surface area contributed by atoms with Gasteiger partial charge in [-0.1, -0.05) is 25.5 Å². The van der Waals surface area contributed by atoms with Gasteiger partial charge in [0.25, 0.3) is 0 Å². The van der Waals surface area contributed by atoms with Gasteiger partial charge in [0.2, 0.25) is 5.88 Å². The first kappa shape index (κ1) is 23.2. The van der Waals surface area contributed by atoms with Crippen molar-refractivity contribution in [3.63, 3.8) is 0 Å². The zero-order valence-electron chi connectivity index (χ0n) is 18.1. The largest absolute Gasteiger partial charge is 0.439 e. The lowest BCUT2D eigenvalue weighted by Crippen LogP contribution is -2.46. The third-order valence-electron chi connectivity index (χ3n) is 5.20. The summed E-state index contributed by atoms with van der Waals surface area (Å²) >= 11 is 0. The molecule has 2 aromatic rings. The van der Waals surface area contributed by atoms with E-state index in [4.69, 9.17) is 4.74 Å². The fourth-order valence-electron chi connectivity index (χ4n) is 3.65. The molecule has 3 atom stereocenters. The highest BCUT2D eigenvalue weighted by atomic mass is 32.2. The van der Waals surface area contributed by atoms with Crippen LogP contribution >= 0.6 is 0 Å². The van der Waals surface area contributed by atoms with Gasteiger partial charge in [0.15, 0.2) is 5.96 Å². The summed E-state index contributed by atoms with van der Waals surface area (Å²) in [4.78, 5) is 8.97. The Labute approximate surface area is 186 Å². The molecule has 3 unspecified atom stereocenters. The molecule has 0 saturated heterocycles. The Kier molecular flexibility index (Phi) is 8.82. The van der Waals surface area contributed by atoms with Crippen molar-refractivity contribution < 1.29 is 13.3 Å². The number of hydrogen-bond acceptors (Lipinski definition) is 4. The van der Waals surface area contributed by atoms with Crippen LogP contribution in [-0.4, -0.2) is 38.7 Å². The molecule has 1 aromatic heterocycles. The van der Waals surface area contributed by atoms with Crippen LogP contribution in [0, 0.1) is 5.82 Å². The van der Waals surface area contributed by atoms with Gasteiger partial charge in [-0.05, 0) is 43.9 Å². The zero-order chi connectivity index (χ0) is 22.1. The number of aromatic nitrogens is 1.